The van der Waals surface area contributed by atoms with Crippen LogP contribution in [-0.4, -0.2) is 10.1 Å². The van der Waals surface area contributed by atoms with Crippen LogP contribution in [-0.2, 0) is 0 Å². The van der Waals surface area contributed by atoms with Gasteiger partial charge in [-0.25, -0.2) is 4.39 Å². The Morgan fingerprint density at radius 2 is 2.10 bits per heavy atom. The maximum absolute atomic E-state index is 13.2. The molecule has 0 amide bonds. The first-order chi connectivity index (χ1) is 10.1. The molecule has 5 nitrogen and oxygen atoms in total. The van der Waals surface area contributed by atoms with Gasteiger partial charge in [0.1, 0.15) is 5.82 Å². The Morgan fingerprint density at radius 3 is 2.81 bits per heavy atom. The number of benzene rings is 1. The summed E-state index contributed by atoms with van der Waals surface area (Å²) in [6, 6.07) is 5.21. The SMILES string of the molecule is Nc1noc(-c2c[nH]ccc2=O)c1-c1ccc(F)cc1Cl. The normalized spacial score (nSPS) is 10.8. The fraction of sp³-hybridized carbons (Fsp3) is 0. The number of nitrogens with zero attached hydrogens (tertiary/aromatic N) is 1. The van der Waals surface area contributed by atoms with Gasteiger partial charge in [-0.15, -0.1) is 0 Å². The summed E-state index contributed by atoms with van der Waals surface area (Å²) < 4.78 is 18.3. The number of nitrogens with two attached hydrogens (primary N) is 1. The molecule has 2 heterocycles. The number of aromatic amines is 1. The number of nitrogen functional groups attached to an aromatic ring is 1. The highest BCUT2D eigenvalue weighted by Crippen LogP contribution is 2.38. The molecule has 0 aliphatic heterocycles. The standard InChI is InChI=1S/C14H9ClFN3O2/c15-10-5-7(16)1-2-8(10)12-13(21-19-14(12)17)9-6-18-4-3-11(9)20/h1-6H,(H2,17,19)(H,18,20). The van der Waals surface area contributed by atoms with E-state index in [1.807, 2.05) is 0 Å². The van der Waals surface area contributed by atoms with Crippen molar-refractivity contribution < 1.29 is 8.91 Å². The number of halogens is 2. The van der Waals surface area contributed by atoms with E-state index in [0.717, 1.165) is 6.07 Å². The summed E-state index contributed by atoms with van der Waals surface area (Å²) in [6.07, 6.45) is 2.97. The highest BCUT2D eigenvalue weighted by atomic mass is 35.5. The Morgan fingerprint density at radius 1 is 1.29 bits per heavy atom. The number of hydrogen-bond acceptors (Lipinski definition) is 4. The smallest absolute Gasteiger partial charge is 0.192 e. The zero-order chi connectivity index (χ0) is 15.0. The zero-order valence-electron chi connectivity index (χ0n) is 10.6. The second-order valence-corrected chi connectivity index (χ2v) is 4.73. The Bertz CT molecular complexity index is 873. The third-order valence-electron chi connectivity index (χ3n) is 2.99. The Kier molecular flexibility index (Phi) is 3.23. The van der Waals surface area contributed by atoms with E-state index >= 15 is 0 Å². The summed E-state index contributed by atoms with van der Waals surface area (Å²) in [7, 11) is 0. The fourth-order valence-corrected chi connectivity index (χ4v) is 2.29. The predicted molar refractivity (Wildman–Crippen MR) is 77.4 cm³/mol. The molecule has 3 rings (SSSR count). The van der Waals surface area contributed by atoms with Gasteiger partial charge in [-0.3, -0.25) is 4.79 Å². The Hall–Kier alpha value is -2.60. The van der Waals surface area contributed by atoms with Crippen molar-refractivity contribution in [2.75, 3.05) is 5.73 Å². The van der Waals surface area contributed by atoms with Crippen LogP contribution in [0, 0.1) is 5.82 Å². The lowest BCUT2D eigenvalue weighted by Gasteiger charge is -2.05. The molecule has 0 spiro atoms. The van der Waals surface area contributed by atoms with Crippen molar-refractivity contribution >= 4 is 17.4 Å². The van der Waals surface area contributed by atoms with Gasteiger partial charge in [0, 0.05) is 24.0 Å². The van der Waals surface area contributed by atoms with Crippen molar-refractivity contribution in [1.29, 1.82) is 0 Å². The van der Waals surface area contributed by atoms with Crippen molar-refractivity contribution in [3.8, 4) is 22.5 Å². The maximum atomic E-state index is 13.2. The highest BCUT2D eigenvalue weighted by Gasteiger charge is 2.21. The molecular weight excluding hydrogens is 297 g/mol. The molecule has 3 aromatic rings. The Labute approximate surface area is 123 Å². The maximum Gasteiger partial charge on any atom is 0.192 e. The summed E-state index contributed by atoms with van der Waals surface area (Å²) in [4.78, 5) is 14.7. The van der Waals surface area contributed by atoms with Crippen molar-refractivity contribution in [2.24, 2.45) is 0 Å². The minimum atomic E-state index is -0.474. The van der Waals surface area contributed by atoms with Crippen LogP contribution in [0.3, 0.4) is 0 Å². The van der Waals surface area contributed by atoms with Gasteiger partial charge in [0.05, 0.1) is 16.1 Å². The lowest BCUT2D eigenvalue weighted by atomic mass is 10.0. The molecule has 0 atom stereocenters. The van der Waals surface area contributed by atoms with E-state index in [9.17, 15) is 9.18 Å². The van der Waals surface area contributed by atoms with Gasteiger partial charge < -0.3 is 15.2 Å². The van der Waals surface area contributed by atoms with Crippen LogP contribution >= 0.6 is 11.6 Å². The van der Waals surface area contributed by atoms with Crippen molar-refractivity contribution in [3.05, 3.63) is 57.7 Å². The molecule has 0 radical (unpaired) electrons. The van der Waals surface area contributed by atoms with Crippen LogP contribution in [0.15, 0.2) is 46.0 Å². The number of hydrogen-bond donors (Lipinski definition) is 2. The molecule has 1 aromatic carbocycles. The quantitative estimate of drug-likeness (QED) is 0.762. The average molecular weight is 306 g/mol. The van der Waals surface area contributed by atoms with E-state index in [4.69, 9.17) is 21.9 Å². The average Bonchev–Trinajstić information content (AvgIpc) is 2.81. The van der Waals surface area contributed by atoms with Crippen LogP contribution < -0.4 is 11.2 Å². The molecule has 0 unspecified atom stereocenters. The van der Waals surface area contributed by atoms with Gasteiger partial charge in [-0.05, 0) is 18.2 Å². The summed E-state index contributed by atoms with van der Waals surface area (Å²) in [5, 5.41) is 3.82. The van der Waals surface area contributed by atoms with E-state index in [0.29, 0.717) is 11.1 Å². The number of pyridine rings is 1. The lowest BCUT2D eigenvalue weighted by molar-refractivity contribution is 0.435. The molecule has 0 aliphatic carbocycles. The van der Waals surface area contributed by atoms with E-state index in [1.165, 1.54) is 30.6 Å². The van der Waals surface area contributed by atoms with Crippen LogP contribution in [0.1, 0.15) is 0 Å². The van der Waals surface area contributed by atoms with Gasteiger partial charge in [-0.1, -0.05) is 16.8 Å². The second-order valence-electron chi connectivity index (χ2n) is 4.32. The molecule has 2 aromatic heterocycles. The monoisotopic (exact) mass is 305 g/mol. The van der Waals surface area contributed by atoms with Gasteiger partial charge in [-0.2, -0.15) is 0 Å². The summed E-state index contributed by atoms with van der Waals surface area (Å²) in [5.74, 6) is -0.220. The summed E-state index contributed by atoms with van der Waals surface area (Å²) in [6.45, 7) is 0. The largest absolute Gasteiger partial charge is 0.380 e. The molecule has 0 aliphatic rings. The number of H-pyrrole nitrogens is 1. The first-order valence-electron chi connectivity index (χ1n) is 5.96. The number of anilines is 1. The molecule has 7 heteroatoms. The summed E-state index contributed by atoms with van der Waals surface area (Å²) in [5.41, 5.74) is 6.60. The molecule has 3 N–H and O–H groups in total. The van der Waals surface area contributed by atoms with E-state index < -0.39 is 5.82 Å². The van der Waals surface area contributed by atoms with E-state index in [-0.39, 0.29) is 27.6 Å². The van der Waals surface area contributed by atoms with Crippen LogP contribution in [0.4, 0.5) is 10.2 Å². The van der Waals surface area contributed by atoms with Gasteiger partial charge in [0.2, 0.25) is 0 Å². The van der Waals surface area contributed by atoms with Gasteiger partial charge in [0.15, 0.2) is 17.0 Å². The van der Waals surface area contributed by atoms with Crippen molar-refractivity contribution in [2.45, 2.75) is 0 Å². The van der Waals surface area contributed by atoms with E-state index in [1.54, 1.807) is 0 Å². The molecule has 0 bridgehead atoms. The fourth-order valence-electron chi connectivity index (χ4n) is 2.03. The first kappa shape index (κ1) is 13.4. The number of rotatable bonds is 2. The van der Waals surface area contributed by atoms with Crippen molar-refractivity contribution in [3.63, 3.8) is 0 Å². The topological polar surface area (TPSA) is 84.9 Å². The van der Waals surface area contributed by atoms with Gasteiger partial charge >= 0.3 is 0 Å². The third-order valence-corrected chi connectivity index (χ3v) is 3.30. The van der Waals surface area contributed by atoms with Crippen LogP contribution in [0.2, 0.25) is 5.02 Å². The summed E-state index contributed by atoms with van der Waals surface area (Å²) >= 11 is 6.04. The highest BCUT2D eigenvalue weighted by molar-refractivity contribution is 6.33. The number of nitrogens with one attached hydrogen (secondary N) is 1. The molecule has 106 valence electrons. The minimum Gasteiger partial charge on any atom is -0.380 e. The Balaban J connectivity index is 2.28. The van der Waals surface area contributed by atoms with Crippen LogP contribution in [0.5, 0.6) is 0 Å². The molecule has 0 fully saturated rings. The molecule has 21 heavy (non-hydrogen) atoms. The minimum absolute atomic E-state index is 0.0711. The molecule has 0 saturated carbocycles. The third kappa shape index (κ3) is 2.30. The number of aromatic nitrogens is 2. The van der Waals surface area contributed by atoms with E-state index in [2.05, 4.69) is 10.1 Å². The molecule has 0 saturated heterocycles. The van der Waals surface area contributed by atoms with Crippen LogP contribution in [0.25, 0.3) is 22.5 Å². The first-order valence-corrected chi connectivity index (χ1v) is 6.34. The predicted octanol–water partition coefficient (Wildman–Crippen LogP) is 3.07. The van der Waals surface area contributed by atoms with Gasteiger partial charge in [0.25, 0.3) is 0 Å². The van der Waals surface area contributed by atoms with Crippen molar-refractivity contribution in [1.82, 2.24) is 10.1 Å². The second kappa shape index (κ2) is 5.06. The zero-order valence-corrected chi connectivity index (χ0v) is 11.3. The lowest BCUT2D eigenvalue weighted by Crippen LogP contribution is -2.03. The molecular formula is C14H9ClFN3O2.